The molecule has 20 heavy (non-hydrogen) atoms. The molecular weight excluding hydrogens is 254 g/mol. The third-order valence-corrected chi connectivity index (χ3v) is 4.12. The summed E-state index contributed by atoms with van der Waals surface area (Å²) in [7, 11) is 0. The molecule has 1 amide bonds. The third kappa shape index (κ3) is 2.85. The highest BCUT2D eigenvalue weighted by Gasteiger charge is 2.30. The maximum Gasteiger partial charge on any atom is 0.293 e. The van der Waals surface area contributed by atoms with E-state index in [0.29, 0.717) is 17.8 Å². The van der Waals surface area contributed by atoms with Crippen LogP contribution in [0.4, 0.5) is 0 Å². The quantitative estimate of drug-likeness (QED) is 0.850. The molecule has 2 aliphatic rings. The second kappa shape index (κ2) is 5.52. The molecular formula is C14H23N5O. The minimum Gasteiger partial charge on any atom is -0.332 e. The number of nitrogens with zero attached hydrogens (tertiary/aromatic N) is 3. The summed E-state index contributed by atoms with van der Waals surface area (Å²) in [6.45, 7) is 5.88. The van der Waals surface area contributed by atoms with Crippen LogP contribution >= 0.6 is 0 Å². The van der Waals surface area contributed by atoms with Crippen LogP contribution < -0.4 is 5.32 Å². The molecule has 0 bridgehead atoms. The lowest BCUT2D eigenvalue weighted by Crippen LogP contribution is -2.45. The topological polar surface area (TPSA) is 73.9 Å². The second-order valence-corrected chi connectivity index (χ2v) is 6.16. The molecule has 2 N–H and O–H groups in total. The van der Waals surface area contributed by atoms with E-state index in [0.717, 1.165) is 38.2 Å². The van der Waals surface area contributed by atoms with Gasteiger partial charge in [-0.3, -0.25) is 9.89 Å². The first kappa shape index (κ1) is 13.5. The van der Waals surface area contributed by atoms with E-state index in [-0.39, 0.29) is 11.9 Å². The number of rotatable bonds is 5. The summed E-state index contributed by atoms with van der Waals surface area (Å²) < 4.78 is 0. The van der Waals surface area contributed by atoms with Gasteiger partial charge in [0.15, 0.2) is 0 Å². The Bertz CT molecular complexity index is 474. The molecule has 1 aliphatic carbocycles. The van der Waals surface area contributed by atoms with Crippen LogP contribution in [0.5, 0.6) is 0 Å². The number of aromatic nitrogens is 3. The zero-order valence-electron chi connectivity index (χ0n) is 12.2. The number of aromatic amines is 1. The van der Waals surface area contributed by atoms with Crippen LogP contribution in [-0.4, -0.2) is 51.2 Å². The van der Waals surface area contributed by atoms with Crippen LogP contribution in [0.3, 0.4) is 0 Å². The van der Waals surface area contributed by atoms with Crippen molar-refractivity contribution in [3.8, 4) is 0 Å². The summed E-state index contributed by atoms with van der Waals surface area (Å²) in [4.78, 5) is 18.8. The van der Waals surface area contributed by atoms with Crippen molar-refractivity contribution in [1.82, 2.24) is 25.4 Å². The van der Waals surface area contributed by atoms with E-state index in [4.69, 9.17) is 0 Å². The van der Waals surface area contributed by atoms with E-state index in [2.05, 4.69) is 20.5 Å². The van der Waals surface area contributed by atoms with Crippen molar-refractivity contribution in [2.75, 3.05) is 13.1 Å². The third-order valence-electron chi connectivity index (χ3n) is 4.12. The van der Waals surface area contributed by atoms with Crippen molar-refractivity contribution in [3.05, 3.63) is 11.6 Å². The molecule has 1 aromatic rings. The van der Waals surface area contributed by atoms with Gasteiger partial charge in [-0.05, 0) is 46.1 Å². The highest BCUT2D eigenvalue weighted by atomic mass is 16.2. The molecule has 1 aliphatic heterocycles. The molecule has 2 heterocycles. The van der Waals surface area contributed by atoms with Crippen LogP contribution in [0, 0.1) is 0 Å². The fourth-order valence-corrected chi connectivity index (χ4v) is 2.72. The van der Waals surface area contributed by atoms with Crippen molar-refractivity contribution in [2.45, 2.75) is 57.5 Å². The average Bonchev–Trinajstić information content (AvgIpc) is 2.95. The van der Waals surface area contributed by atoms with Gasteiger partial charge in [0, 0.05) is 24.5 Å². The van der Waals surface area contributed by atoms with Gasteiger partial charge in [0.2, 0.25) is 5.82 Å². The first-order valence-corrected chi connectivity index (χ1v) is 7.62. The maximum atomic E-state index is 12.6. The van der Waals surface area contributed by atoms with E-state index < -0.39 is 0 Å². The number of amides is 1. The van der Waals surface area contributed by atoms with Gasteiger partial charge in [-0.1, -0.05) is 0 Å². The molecule has 0 spiro atoms. The number of carbonyl (C=O) groups is 1. The van der Waals surface area contributed by atoms with Crippen molar-refractivity contribution in [3.63, 3.8) is 0 Å². The lowest BCUT2D eigenvalue weighted by atomic mass is 10.2. The lowest BCUT2D eigenvalue weighted by Gasteiger charge is -2.28. The molecule has 1 unspecified atom stereocenters. The molecule has 1 saturated heterocycles. The molecule has 1 aromatic heterocycles. The molecule has 6 heteroatoms. The van der Waals surface area contributed by atoms with Crippen molar-refractivity contribution >= 4 is 5.91 Å². The number of H-pyrrole nitrogens is 1. The summed E-state index contributed by atoms with van der Waals surface area (Å²) in [6, 6.07) is 0.566. The van der Waals surface area contributed by atoms with Gasteiger partial charge in [0.05, 0.1) is 0 Å². The Labute approximate surface area is 119 Å². The van der Waals surface area contributed by atoms with Crippen LogP contribution in [0.1, 0.15) is 61.9 Å². The Morgan fingerprint density at radius 2 is 2.20 bits per heavy atom. The van der Waals surface area contributed by atoms with Gasteiger partial charge in [-0.25, -0.2) is 4.98 Å². The number of carbonyl (C=O) groups excluding carboxylic acids is 1. The van der Waals surface area contributed by atoms with Crippen molar-refractivity contribution in [1.29, 1.82) is 0 Å². The van der Waals surface area contributed by atoms with Gasteiger partial charge < -0.3 is 10.2 Å². The first-order valence-electron chi connectivity index (χ1n) is 7.62. The molecule has 1 saturated carbocycles. The standard InChI is InChI=1S/C14H23N5O/c1-9(2)19(8-11-4-3-7-15-11)14(20)13-16-12(17-18-13)10-5-6-10/h9-11,15H,3-8H2,1-2H3,(H,16,17,18). The van der Waals surface area contributed by atoms with Crippen molar-refractivity contribution < 1.29 is 4.79 Å². The number of hydrogen-bond acceptors (Lipinski definition) is 4. The summed E-state index contributed by atoms with van der Waals surface area (Å²) in [5, 5.41) is 10.5. The zero-order chi connectivity index (χ0) is 14.1. The van der Waals surface area contributed by atoms with Gasteiger partial charge in [0.1, 0.15) is 5.82 Å². The molecule has 110 valence electrons. The van der Waals surface area contributed by atoms with E-state index in [1.165, 1.54) is 6.42 Å². The fraction of sp³-hybridized carbons (Fsp3) is 0.786. The van der Waals surface area contributed by atoms with Gasteiger partial charge in [-0.2, -0.15) is 0 Å². The maximum absolute atomic E-state index is 12.6. The Morgan fingerprint density at radius 1 is 1.40 bits per heavy atom. The summed E-state index contributed by atoms with van der Waals surface area (Å²) in [6.07, 6.45) is 4.64. The lowest BCUT2D eigenvalue weighted by molar-refractivity contribution is 0.0677. The highest BCUT2D eigenvalue weighted by Crippen LogP contribution is 2.37. The molecule has 0 aromatic carbocycles. The van der Waals surface area contributed by atoms with Crippen LogP contribution in [0.15, 0.2) is 0 Å². The molecule has 6 nitrogen and oxygen atoms in total. The second-order valence-electron chi connectivity index (χ2n) is 6.16. The largest absolute Gasteiger partial charge is 0.332 e. The van der Waals surface area contributed by atoms with Crippen molar-refractivity contribution in [2.24, 2.45) is 0 Å². The Hall–Kier alpha value is -1.43. The molecule has 3 rings (SSSR count). The van der Waals surface area contributed by atoms with Crippen LogP contribution in [0.2, 0.25) is 0 Å². The van der Waals surface area contributed by atoms with Gasteiger partial charge >= 0.3 is 0 Å². The molecule has 2 fully saturated rings. The summed E-state index contributed by atoms with van der Waals surface area (Å²) >= 11 is 0. The predicted octanol–water partition coefficient (Wildman–Crippen LogP) is 1.28. The first-order chi connectivity index (χ1) is 9.65. The summed E-state index contributed by atoms with van der Waals surface area (Å²) in [5.74, 6) is 1.62. The van der Waals surface area contributed by atoms with Crippen LogP contribution in [-0.2, 0) is 0 Å². The number of hydrogen-bond donors (Lipinski definition) is 2. The monoisotopic (exact) mass is 277 g/mol. The van der Waals surface area contributed by atoms with E-state index in [1.807, 2.05) is 18.7 Å². The molecule has 1 atom stereocenters. The van der Waals surface area contributed by atoms with E-state index >= 15 is 0 Å². The van der Waals surface area contributed by atoms with Gasteiger partial charge in [-0.15, -0.1) is 5.10 Å². The minimum atomic E-state index is -0.0585. The minimum absolute atomic E-state index is 0.0585. The highest BCUT2D eigenvalue weighted by molar-refractivity contribution is 5.90. The van der Waals surface area contributed by atoms with E-state index in [1.54, 1.807) is 0 Å². The average molecular weight is 277 g/mol. The molecule has 0 radical (unpaired) electrons. The fourth-order valence-electron chi connectivity index (χ4n) is 2.72. The smallest absolute Gasteiger partial charge is 0.293 e. The Kier molecular flexibility index (Phi) is 3.74. The Balaban J connectivity index is 1.69. The SMILES string of the molecule is CC(C)N(CC1CCCN1)C(=O)c1n[nH]c(C2CC2)n1. The normalized spacial score (nSPS) is 22.4. The zero-order valence-corrected chi connectivity index (χ0v) is 12.2. The Morgan fingerprint density at radius 3 is 2.80 bits per heavy atom. The number of nitrogens with one attached hydrogen (secondary N) is 2. The van der Waals surface area contributed by atoms with Gasteiger partial charge in [0.25, 0.3) is 5.91 Å². The predicted molar refractivity (Wildman–Crippen MR) is 75.6 cm³/mol. The van der Waals surface area contributed by atoms with Crippen LogP contribution in [0.25, 0.3) is 0 Å². The summed E-state index contributed by atoms with van der Waals surface area (Å²) in [5.41, 5.74) is 0. The van der Waals surface area contributed by atoms with E-state index in [9.17, 15) is 4.79 Å².